The number of piperazine rings is 1. The Labute approximate surface area is 115 Å². The van der Waals surface area contributed by atoms with Gasteiger partial charge in [0.25, 0.3) is 0 Å². The average molecular weight is 255 g/mol. The number of rotatable bonds is 4. The minimum absolute atomic E-state index is 0.0155. The molecule has 3 nitrogen and oxygen atoms in total. The molecule has 0 bridgehead atoms. The zero-order chi connectivity index (χ0) is 13.1. The van der Waals surface area contributed by atoms with E-state index in [9.17, 15) is 0 Å². The first-order valence-electron chi connectivity index (χ1n) is 7.20. The maximum atomic E-state index is 9.15. The average Bonchev–Trinajstić information content (AvgIpc) is 3.23. The third-order valence-electron chi connectivity index (χ3n) is 4.33. The molecule has 1 saturated carbocycles. The number of benzene rings is 1. The largest absolute Gasteiger partial charge is 0.299 e. The van der Waals surface area contributed by atoms with Gasteiger partial charge in [-0.25, -0.2) is 0 Å². The topological polar surface area (TPSA) is 30.3 Å². The summed E-state index contributed by atoms with van der Waals surface area (Å²) >= 11 is 0. The van der Waals surface area contributed by atoms with Gasteiger partial charge in [0.05, 0.1) is 11.5 Å². The Hall–Kier alpha value is -1.37. The van der Waals surface area contributed by atoms with Gasteiger partial charge in [-0.15, -0.1) is 0 Å². The molecule has 3 heteroatoms. The van der Waals surface area contributed by atoms with Crippen LogP contribution in [0.25, 0.3) is 0 Å². The Morgan fingerprint density at radius 3 is 2.21 bits per heavy atom. The molecule has 0 atom stereocenters. The zero-order valence-corrected chi connectivity index (χ0v) is 11.4. The molecule has 1 aromatic carbocycles. The normalized spacial score (nSPS) is 22.9. The summed E-state index contributed by atoms with van der Waals surface area (Å²) in [6, 6.07) is 13.2. The summed E-state index contributed by atoms with van der Waals surface area (Å²) in [6.45, 7) is 6.50. The van der Waals surface area contributed by atoms with Crippen LogP contribution < -0.4 is 0 Å². The van der Waals surface area contributed by atoms with Crippen LogP contribution in [0, 0.1) is 16.7 Å². The molecule has 0 spiro atoms. The van der Waals surface area contributed by atoms with Gasteiger partial charge in [-0.05, 0) is 18.4 Å². The van der Waals surface area contributed by atoms with Crippen LogP contribution in [-0.4, -0.2) is 42.5 Å². The fraction of sp³-hybridized carbons (Fsp3) is 0.562. The van der Waals surface area contributed by atoms with Crippen LogP contribution in [0.15, 0.2) is 30.3 Å². The maximum Gasteiger partial charge on any atom is 0.0703 e. The van der Waals surface area contributed by atoms with Crippen LogP contribution in [0.1, 0.15) is 18.4 Å². The summed E-state index contributed by atoms with van der Waals surface area (Å²) in [5, 5.41) is 9.15. The SMILES string of the molecule is N#CC1(CN2CCN(Cc3ccccc3)CC2)CC1. The summed E-state index contributed by atoms with van der Waals surface area (Å²) in [6.07, 6.45) is 2.21. The van der Waals surface area contributed by atoms with E-state index >= 15 is 0 Å². The van der Waals surface area contributed by atoms with Crippen molar-refractivity contribution in [2.24, 2.45) is 5.41 Å². The summed E-state index contributed by atoms with van der Waals surface area (Å²) in [7, 11) is 0. The van der Waals surface area contributed by atoms with Crippen LogP contribution >= 0.6 is 0 Å². The molecule has 0 radical (unpaired) electrons. The van der Waals surface area contributed by atoms with E-state index in [-0.39, 0.29) is 5.41 Å². The number of nitrogens with zero attached hydrogens (tertiary/aromatic N) is 3. The van der Waals surface area contributed by atoms with Crippen molar-refractivity contribution in [1.82, 2.24) is 9.80 Å². The molecule has 1 saturated heterocycles. The van der Waals surface area contributed by atoms with Gasteiger partial charge in [0, 0.05) is 39.3 Å². The van der Waals surface area contributed by atoms with Crippen molar-refractivity contribution in [2.75, 3.05) is 32.7 Å². The zero-order valence-electron chi connectivity index (χ0n) is 11.4. The lowest BCUT2D eigenvalue weighted by molar-refractivity contribution is 0.116. The molecular weight excluding hydrogens is 234 g/mol. The van der Waals surface area contributed by atoms with Crippen molar-refractivity contribution >= 4 is 0 Å². The lowest BCUT2D eigenvalue weighted by atomic mass is 10.1. The van der Waals surface area contributed by atoms with Gasteiger partial charge in [0.1, 0.15) is 0 Å². The van der Waals surface area contributed by atoms with E-state index in [4.69, 9.17) is 5.26 Å². The quantitative estimate of drug-likeness (QED) is 0.825. The summed E-state index contributed by atoms with van der Waals surface area (Å²) in [5.74, 6) is 0. The van der Waals surface area contributed by atoms with Crippen molar-refractivity contribution < 1.29 is 0 Å². The monoisotopic (exact) mass is 255 g/mol. The predicted molar refractivity (Wildman–Crippen MR) is 75.4 cm³/mol. The van der Waals surface area contributed by atoms with Gasteiger partial charge in [-0.3, -0.25) is 9.80 Å². The second-order valence-electron chi connectivity index (χ2n) is 5.93. The van der Waals surface area contributed by atoms with Crippen molar-refractivity contribution in [3.63, 3.8) is 0 Å². The highest BCUT2D eigenvalue weighted by atomic mass is 15.3. The highest BCUT2D eigenvalue weighted by Gasteiger charge is 2.44. The molecule has 1 aliphatic heterocycles. The molecule has 2 fully saturated rings. The Kier molecular flexibility index (Phi) is 3.54. The molecule has 1 aromatic rings. The van der Waals surface area contributed by atoms with E-state index < -0.39 is 0 Å². The van der Waals surface area contributed by atoms with Gasteiger partial charge < -0.3 is 0 Å². The van der Waals surface area contributed by atoms with E-state index in [2.05, 4.69) is 46.2 Å². The second-order valence-corrected chi connectivity index (χ2v) is 5.93. The highest BCUT2D eigenvalue weighted by molar-refractivity contribution is 5.15. The molecule has 1 aliphatic carbocycles. The lowest BCUT2D eigenvalue weighted by Crippen LogP contribution is -2.47. The molecule has 0 aromatic heterocycles. The molecule has 19 heavy (non-hydrogen) atoms. The van der Waals surface area contributed by atoms with Gasteiger partial charge in [0.2, 0.25) is 0 Å². The molecule has 2 aliphatic rings. The Balaban J connectivity index is 1.46. The van der Waals surface area contributed by atoms with Gasteiger partial charge in [-0.1, -0.05) is 30.3 Å². The van der Waals surface area contributed by atoms with Crippen LogP contribution in [0.3, 0.4) is 0 Å². The minimum Gasteiger partial charge on any atom is -0.299 e. The molecule has 0 unspecified atom stereocenters. The van der Waals surface area contributed by atoms with Crippen molar-refractivity contribution in [3.05, 3.63) is 35.9 Å². The third kappa shape index (κ3) is 3.15. The van der Waals surface area contributed by atoms with Crippen molar-refractivity contribution in [2.45, 2.75) is 19.4 Å². The van der Waals surface area contributed by atoms with Gasteiger partial charge in [0.15, 0.2) is 0 Å². The number of hydrogen-bond donors (Lipinski definition) is 0. The predicted octanol–water partition coefficient (Wildman–Crippen LogP) is 2.11. The molecule has 3 rings (SSSR count). The van der Waals surface area contributed by atoms with Crippen molar-refractivity contribution in [3.8, 4) is 6.07 Å². The van der Waals surface area contributed by atoms with Crippen LogP contribution in [0.5, 0.6) is 0 Å². The Morgan fingerprint density at radius 2 is 1.63 bits per heavy atom. The molecule has 0 N–H and O–H groups in total. The smallest absolute Gasteiger partial charge is 0.0703 e. The fourth-order valence-corrected chi connectivity index (χ4v) is 2.83. The van der Waals surface area contributed by atoms with E-state index in [0.29, 0.717) is 0 Å². The number of nitriles is 1. The Bertz CT molecular complexity index is 451. The second kappa shape index (κ2) is 5.32. The fourth-order valence-electron chi connectivity index (χ4n) is 2.83. The summed E-state index contributed by atoms with van der Waals surface area (Å²) < 4.78 is 0. The number of hydrogen-bond acceptors (Lipinski definition) is 3. The van der Waals surface area contributed by atoms with Crippen LogP contribution in [0.2, 0.25) is 0 Å². The van der Waals surface area contributed by atoms with E-state index in [1.54, 1.807) is 0 Å². The Morgan fingerprint density at radius 1 is 1.00 bits per heavy atom. The highest BCUT2D eigenvalue weighted by Crippen LogP contribution is 2.45. The van der Waals surface area contributed by atoms with E-state index in [1.165, 1.54) is 5.56 Å². The molecular formula is C16H21N3. The third-order valence-corrected chi connectivity index (χ3v) is 4.33. The molecule has 0 amide bonds. The summed E-state index contributed by atoms with van der Waals surface area (Å²) in [5.41, 5.74) is 1.41. The van der Waals surface area contributed by atoms with E-state index in [1.807, 2.05) is 0 Å². The van der Waals surface area contributed by atoms with Crippen LogP contribution in [-0.2, 0) is 6.54 Å². The first-order chi connectivity index (χ1) is 9.30. The maximum absolute atomic E-state index is 9.15. The standard InChI is InChI=1S/C16H21N3/c17-13-16(6-7-16)14-19-10-8-18(9-11-19)12-15-4-2-1-3-5-15/h1-5H,6-12,14H2. The first kappa shape index (κ1) is 12.7. The van der Waals surface area contributed by atoms with Gasteiger partial charge in [-0.2, -0.15) is 5.26 Å². The molecule has 100 valence electrons. The van der Waals surface area contributed by atoms with Crippen LogP contribution in [0.4, 0.5) is 0 Å². The lowest BCUT2D eigenvalue weighted by Gasteiger charge is -2.35. The molecule has 1 heterocycles. The van der Waals surface area contributed by atoms with Crippen molar-refractivity contribution in [1.29, 1.82) is 5.26 Å². The summed E-state index contributed by atoms with van der Waals surface area (Å²) in [4.78, 5) is 4.98. The van der Waals surface area contributed by atoms with Gasteiger partial charge >= 0.3 is 0 Å². The van der Waals surface area contributed by atoms with E-state index in [0.717, 1.165) is 52.1 Å². The minimum atomic E-state index is 0.0155. The first-order valence-corrected chi connectivity index (χ1v) is 7.20.